The molecule has 0 aliphatic carbocycles. The molecule has 9 heteroatoms. The van der Waals surface area contributed by atoms with Crippen molar-refractivity contribution in [3.63, 3.8) is 0 Å². The van der Waals surface area contributed by atoms with Gasteiger partial charge in [-0.1, -0.05) is 0 Å². The highest BCUT2D eigenvalue weighted by Crippen LogP contribution is 2.32. The second-order valence-electron chi connectivity index (χ2n) is 5.60. The molecule has 3 aromatic rings. The molecule has 0 fully saturated rings. The van der Waals surface area contributed by atoms with Crippen LogP contribution in [0.1, 0.15) is 21.3 Å². The van der Waals surface area contributed by atoms with E-state index in [4.69, 9.17) is 0 Å². The van der Waals surface area contributed by atoms with Crippen LogP contribution in [-0.4, -0.2) is 33.1 Å². The first-order valence-corrected chi connectivity index (χ1v) is 11.1. The third-order valence-electron chi connectivity index (χ3n) is 3.81. The van der Waals surface area contributed by atoms with Crippen molar-refractivity contribution in [2.45, 2.75) is 11.0 Å². The van der Waals surface area contributed by atoms with Gasteiger partial charge in [0.05, 0.1) is 17.6 Å². The Balaban J connectivity index is 1.65. The van der Waals surface area contributed by atoms with Crippen LogP contribution >= 0.6 is 22.7 Å². The van der Waals surface area contributed by atoms with E-state index < -0.39 is 22.1 Å². The summed E-state index contributed by atoms with van der Waals surface area (Å²) in [4.78, 5) is 13.1. The first-order chi connectivity index (χ1) is 12.9. The zero-order valence-corrected chi connectivity index (χ0v) is 16.7. The van der Waals surface area contributed by atoms with E-state index in [0.29, 0.717) is 4.88 Å². The van der Waals surface area contributed by atoms with Gasteiger partial charge in [-0.2, -0.15) is 11.3 Å². The van der Waals surface area contributed by atoms with Gasteiger partial charge in [-0.15, -0.1) is 11.3 Å². The van der Waals surface area contributed by atoms with E-state index in [0.717, 1.165) is 10.4 Å². The fourth-order valence-electron chi connectivity index (χ4n) is 2.35. The summed E-state index contributed by atoms with van der Waals surface area (Å²) in [7, 11) is -2.55. The monoisotopic (exact) mass is 423 g/mol. The van der Waals surface area contributed by atoms with Gasteiger partial charge in [0.15, 0.2) is 0 Å². The van der Waals surface area contributed by atoms with Crippen LogP contribution in [0, 0.1) is 0 Å². The molecule has 2 aromatic heterocycles. The molecular weight excluding hydrogens is 406 g/mol. The zero-order chi connectivity index (χ0) is 19.4. The van der Waals surface area contributed by atoms with Gasteiger partial charge in [-0.05, 0) is 53.2 Å². The lowest BCUT2D eigenvalue weighted by molar-refractivity contribution is 0.0600. The minimum atomic E-state index is -3.80. The molecule has 0 radical (unpaired) electrons. The van der Waals surface area contributed by atoms with E-state index >= 15 is 0 Å². The lowest BCUT2D eigenvalue weighted by Crippen LogP contribution is -2.28. The number of sulfonamides is 1. The summed E-state index contributed by atoms with van der Waals surface area (Å²) in [5, 5.41) is 14.3. The third-order valence-corrected chi connectivity index (χ3v) is 7.17. The molecule has 2 heterocycles. The molecule has 0 aliphatic rings. The number of rotatable bonds is 7. The van der Waals surface area contributed by atoms with Crippen LogP contribution < -0.4 is 4.72 Å². The van der Waals surface area contributed by atoms with Crippen molar-refractivity contribution in [2.75, 3.05) is 13.7 Å². The first kappa shape index (κ1) is 19.7. The number of thiophene rings is 2. The molecule has 1 aromatic carbocycles. The van der Waals surface area contributed by atoms with Crippen molar-refractivity contribution >= 4 is 38.7 Å². The number of ether oxygens (including phenoxy) is 1. The summed E-state index contributed by atoms with van der Waals surface area (Å²) in [5.41, 5.74) is 1.34. The molecule has 3 rings (SSSR count). The maximum Gasteiger partial charge on any atom is 0.337 e. The van der Waals surface area contributed by atoms with Gasteiger partial charge in [0, 0.05) is 21.9 Å². The number of esters is 1. The Morgan fingerprint density at radius 1 is 1.19 bits per heavy atom. The molecule has 27 heavy (non-hydrogen) atoms. The topological polar surface area (TPSA) is 92.7 Å². The Morgan fingerprint density at radius 2 is 1.93 bits per heavy atom. The van der Waals surface area contributed by atoms with Crippen LogP contribution in [0.5, 0.6) is 0 Å². The van der Waals surface area contributed by atoms with Crippen LogP contribution in [0.2, 0.25) is 0 Å². The second kappa shape index (κ2) is 8.32. The Hall–Kier alpha value is -2.04. The van der Waals surface area contributed by atoms with E-state index in [1.54, 1.807) is 17.4 Å². The number of benzene rings is 1. The minimum Gasteiger partial charge on any atom is -0.465 e. The number of carbonyl (C=O) groups is 1. The Morgan fingerprint density at radius 3 is 2.56 bits per heavy atom. The van der Waals surface area contributed by atoms with Crippen LogP contribution in [0.4, 0.5) is 0 Å². The van der Waals surface area contributed by atoms with Crippen molar-refractivity contribution in [1.82, 2.24) is 4.72 Å². The largest absolute Gasteiger partial charge is 0.465 e. The van der Waals surface area contributed by atoms with Crippen LogP contribution in [0.25, 0.3) is 10.4 Å². The number of aliphatic hydroxyl groups excluding tert-OH is 1. The van der Waals surface area contributed by atoms with Crippen LogP contribution in [-0.2, 0) is 14.8 Å². The molecule has 0 bridgehead atoms. The number of hydrogen-bond donors (Lipinski definition) is 2. The van der Waals surface area contributed by atoms with E-state index in [2.05, 4.69) is 9.46 Å². The van der Waals surface area contributed by atoms with E-state index in [1.165, 1.54) is 42.7 Å². The normalized spacial score (nSPS) is 12.7. The fraction of sp³-hybridized carbons (Fsp3) is 0.167. The van der Waals surface area contributed by atoms with Crippen molar-refractivity contribution < 1.29 is 23.1 Å². The van der Waals surface area contributed by atoms with Crippen molar-refractivity contribution in [2.24, 2.45) is 0 Å². The highest BCUT2D eigenvalue weighted by Gasteiger charge is 2.19. The number of nitrogens with one attached hydrogen (secondary N) is 1. The van der Waals surface area contributed by atoms with Crippen molar-refractivity contribution in [1.29, 1.82) is 0 Å². The number of aliphatic hydroxyl groups is 1. The Bertz CT molecular complexity index is 1010. The van der Waals surface area contributed by atoms with Gasteiger partial charge in [0.25, 0.3) is 0 Å². The van der Waals surface area contributed by atoms with E-state index in [1.807, 2.05) is 22.9 Å². The van der Waals surface area contributed by atoms with Crippen LogP contribution in [0.15, 0.2) is 58.1 Å². The molecule has 6 nitrogen and oxygen atoms in total. The predicted octanol–water partition coefficient (Wildman–Crippen LogP) is 3.28. The second-order valence-corrected chi connectivity index (χ2v) is 9.26. The van der Waals surface area contributed by atoms with Crippen LogP contribution in [0.3, 0.4) is 0 Å². The average molecular weight is 424 g/mol. The molecule has 0 amide bonds. The maximum atomic E-state index is 12.4. The summed E-state index contributed by atoms with van der Waals surface area (Å²) in [6.45, 7) is -0.148. The summed E-state index contributed by atoms with van der Waals surface area (Å²) >= 11 is 3.01. The highest BCUT2D eigenvalue weighted by molar-refractivity contribution is 7.89. The van der Waals surface area contributed by atoms with Crippen molar-refractivity contribution in [3.05, 3.63) is 63.7 Å². The summed E-state index contributed by atoms with van der Waals surface area (Å²) in [6.07, 6.45) is -0.952. The van der Waals surface area contributed by atoms with Gasteiger partial charge in [0.2, 0.25) is 10.0 Å². The lowest BCUT2D eigenvalue weighted by Gasteiger charge is -2.11. The van der Waals surface area contributed by atoms with Crippen molar-refractivity contribution in [3.8, 4) is 10.4 Å². The van der Waals surface area contributed by atoms with Gasteiger partial charge >= 0.3 is 5.97 Å². The lowest BCUT2D eigenvalue weighted by atomic mass is 10.2. The zero-order valence-electron chi connectivity index (χ0n) is 14.3. The molecule has 0 aliphatic heterocycles. The van der Waals surface area contributed by atoms with Gasteiger partial charge in [0.1, 0.15) is 6.10 Å². The summed E-state index contributed by atoms with van der Waals surface area (Å²) < 4.78 is 31.7. The molecule has 0 saturated carbocycles. The van der Waals surface area contributed by atoms with E-state index in [-0.39, 0.29) is 17.0 Å². The molecule has 1 unspecified atom stereocenters. The minimum absolute atomic E-state index is 0.00694. The number of carbonyl (C=O) groups excluding carboxylic acids is 1. The Kier molecular flexibility index (Phi) is 6.08. The van der Waals surface area contributed by atoms with E-state index in [9.17, 15) is 18.3 Å². The average Bonchev–Trinajstić information content (AvgIpc) is 3.37. The maximum absolute atomic E-state index is 12.4. The summed E-state index contributed by atoms with van der Waals surface area (Å²) in [5.74, 6) is -0.540. The SMILES string of the molecule is COC(=O)c1ccc(S(=O)(=O)NCC(O)c2ccc(-c3ccsc3)s2)cc1. The quantitative estimate of drug-likeness (QED) is 0.569. The van der Waals surface area contributed by atoms with Gasteiger partial charge < -0.3 is 9.84 Å². The fourth-order valence-corrected chi connectivity index (χ4v) is 5.11. The van der Waals surface area contributed by atoms with Gasteiger partial charge in [-0.25, -0.2) is 17.9 Å². The predicted molar refractivity (Wildman–Crippen MR) is 106 cm³/mol. The highest BCUT2D eigenvalue weighted by atomic mass is 32.2. The molecule has 2 N–H and O–H groups in total. The molecule has 0 spiro atoms. The smallest absolute Gasteiger partial charge is 0.337 e. The Labute approximate surface area is 165 Å². The molecule has 142 valence electrons. The van der Waals surface area contributed by atoms with Gasteiger partial charge in [-0.3, -0.25) is 0 Å². The molecular formula is C18H17NO5S3. The third kappa shape index (κ3) is 4.63. The molecule has 1 atom stereocenters. The number of methoxy groups -OCH3 is 1. The standard InChI is InChI=1S/C18H17NO5S3/c1-24-18(21)12-2-4-14(5-3-12)27(22,23)19-10-15(20)17-7-6-16(26-17)13-8-9-25-11-13/h2-9,11,15,19-20H,10H2,1H3. The molecule has 0 saturated heterocycles. The first-order valence-electron chi connectivity index (χ1n) is 7.89. The number of hydrogen-bond acceptors (Lipinski definition) is 7. The summed E-state index contributed by atoms with van der Waals surface area (Å²) in [6, 6.07) is 11.1.